The molecule has 0 aromatic rings. The van der Waals surface area contributed by atoms with Crippen LogP contribution in [0.15, 0.2) is 70.1 Å². The van der Waals surface area contributed by atoms with Gasteiger partial charge >= 0.3 is 0 Å². The van der Waals surface area contributed by atoms with Crippen LogP contribution in [-0.2, 0) is 9.59 Å². The molecular weight excluding hydrogens is 360 g/mol. The highest BCUT2D eigenvalue weighted by molar-refractivity contribution is 6.19. The molecule has 3 heteroatoms. The lowest BCUT2D eigenvalue weighted by Crippen LogP contribution is -2.13. The highest BCUT2D eigenvalue weighted by Crippen LogP contribution is 2.18. The molecule has 0 saturated carbocycles. The summed E-state index contributed by atoms with van der Waals surface area (Å²) >= 11 is 0. The van der Waals surface area contributed by atoms with Gasteiger partial charge in [-0.1, -0.05) is 46.6 Å². The average molecular weight is 397 g/mol. The monoisotopic (exact) mass is 396 g/mol. The van der Waals surface area contributed by atoms with Crippen molar-refractivity contribution in [2.45, 2.75) is 79.6 Å². The Morgan fingerprint density at radius 3 is 1.76 bits per heavy atom. The minimum Gasteiger partial charge on any atom is -0.504 e. The Kier molecular flexibility index (Phi) is 11.0. The first-order valence-electron chi connectivity index (χ1n) is 10.5. The molecular formula is C26H36O3. The van der Waals surface area contributed by atoms with E-state index >= 15 is 0 Å². The first-order chi connectivity index (χ1) is 13.7. The summed E-state index contributed by atoms with van der Waals surface area (Å²) in [6.07, 6.45) is 17.9. The first-order valence-corrected chi connectivity index (χ1v) is 10.5. The summed E-state index contributed by atoms with van der Waals surface area (Å²) < 4.78 is 0. The van der Waals surface area contributed by atoms with Gasteiger partial charge in [0.15, 0.2) is 11.5 Å². The third-order valence-corrected chi connectivity index (χ3v) is 4.94. The Morgan fingerprint density at radius 2 is 1.24 bits per heavy atom. The van der Waals surface area contributed by atoms with Gasteiger partial charge in [0.1, 0.15) is 0 Å². The van der Waals surface area contributed by atoms with Gasteiger partial charge in [-0.05, 0) is 85.6 Å². The van der Waals surface area contributed by atoms with Gasteiger partial charge in [0.2, 0.25) is 5.78 Å². The summed E-state index contributed by atoms with van der Waals surface area (Å²) in [5, 5.41) is 9.47. The quantitative estimate of drug-likeness (QED) is 0.301. The zero-order chi connectivity index (χ0) is 21.8. The van der Waals surface area contributed by atoms with E-state index in [2.05, 4.69) is 45.9 Å². The molecule has 0 aliphatic heterocycles. The van der Waals surface area contributed by atoms with E-state index in [-0.39, 0.29) is 5.78 Å². The van der Waals surface area contributed by atoms with Gasteiger partial charge in [-0.3, -0.25) is 9.59 Å². The molecule has 29 heavy (non-hydrogen) atoms. The summed E-state index contributed by atoms with van der Waals surface area (Å²) in [6.45, 7) is 10.7. The summed E-state index contributed by atoms with van der Waals surface area (Å²) in [5.41, 5.74) is 5.77. The summed E-state index contributed by atoms with van der Waals surface area (Å²) in [4.78, 5) is 23.3. The van der Waals surface area contributed by atoms with E-state index in [9.17, 15) is 14.7 Å². The molecule has 0 aromatic carbocycles. The first kappa shape index (κ1) is 24.6. The molecule has 0 bridgehead atoms. The summed E-state index contributed by atoms with van der Waals surface area (Å²) in [5.74, 6) is -1.24. The normalized spacial score (nSPS) is 16.0. The molecule has 0 unspecified atom stereocenters. The minimum atomic E-state index is -0.460. The zero-order valence-corrected chi connectivity index (χ0v) is 18.7. The predicted octanol–water partition coefficient (Wildman–Crippen LogP) is 7.04. The molecule has 3 nitrogen and oxygen atoms in total. The number of rotatable bonds is 11. The number of aliphatic hydroxyl groups excluding tert-OH is 1. The molecule has 0 saturated heterocycles. The maximum Gasteiger partial charge on any atom is 0.223 e. The molecule has 0 atom stereocenters. The van der Waals surface area contributed by atoms with Crippen LogP contribution >= 0.6 is 0 Å². The number of hydrogen-bond acceptors (Lipinski definition) is 3. The predicted molar refractivity (Wildman–Crippen MR) is 122 cm³/mol. The third-order valence-electron chi connectivity index (χ3n) is 4.94. The van der Waals surface area contributed by atoms with E-state index in [0.717, 1.165) is 44.6 Å². The second-order valence-electron chi connectivity index (χ2n) is 8.18. The maximum atomic E-state index is 11.8. The Morgan fingerprint density at radius 1 is 0.759 bits per heavy atom. The van der Waals surface area contributed by atoms with Crippen LogP contribution in [0.3, 0.4) is 0 Å². The Labute approximate surface area is 176 Å². The number of Topliss-reactive ketones (excluding diaryl/α,β-unsaturated/α-hetero) is 1. The van der Waals surface area contributed by atoms with Crippen LogP contribution in [0.4, 0.5) is 0 Å². The molecule has 0 radical (unpaired) electrons. The Balaban J connectivity index is 2.36. The number of allylic oxidation sites excluding steroid dienone is 11. The standard InChI is InChI=1S/C26H36O3/c1-19(2)9-6-10-20(3)11-7-12-21(4)13-8-14-22(5)15-16-23-17-24(27)18-25(28)26(23)29/h9,11,13,15,17-18,28H,6-8,10,12,14,16H2,1-5H3/b20-11+,21-13+,22-15+. The number of aliphatic hydroxyl groups is 1. The smallest absolute Gasteiger partial charge is 0.223 e. The summed E-state index contributed by atoms with van der Waals surface area (Å²) in [6, 6.07) is 0. The van der Waals surface area contributed by atoms with Crippen LogP contribution in [0.25, 0.3) is 0 Å². The number of hydrogen-bond donors (Lipinski definition) is 1. The summed E-state index contributed by atoms with van der Waals surface area (Å²) in [7, 11) is 0. The van der Waals surface area contributed by atoms with Crippen molar-refractivity contribution in [2.75, 3.05) is 0 Å². The van der Waals surface area contributed by atoms with Crippen LogP contribution in [-0.4, -0.2) is 16.7 Å². The lowest BCUT2D eigenvalue weighted by molar-refractivity contribution is -0.117. The fraction of sp³-hybridized carbons (Fsp3) is 0.462. The molecule has 1 aliphatic rings. The second-order valence-corrected chi connectivity index (χ2v) is 8.18. The number of carbonyl (C=O) groups excluding carboxylic acids is 2. The zero-order valence-electron chi connectivity index (χ0n) is 18.7. The third kappa shape index (κ3) is 10.6. The van der Waals surface area contributed by atoms with Crippen molar-refractivity contribution in [3.05, 3.63) is 70.1 Å². The fourth-order valence-electron chi connectivity index (χ4n) is 3.07. The molecule has 0 spiro atoms. The molecule has 1 N–H and O–H groups in total. The van der Waals surface area contributed by atoms with Crippen molar-refractivity contribution in [3.8, 4) is 0 Å². The molecule has 0 fully saturated rings. The molecule has 158 valence electrons. The molecule has 0 amide bonds. The van der Waals surface area contributed by atoms with Gasteiger partial charge < -0.3 is 5.11 Å². The van der Waals surface area contributed by atoms with Crippen LogP contribution in [0.2, 0.25) is 0 Å². The van der Waals surface area contributed by atoms with E-state index in [1.807, 2.05) is 13.0 Å². The molecule has 0 aromatic heterocycles. The van der Waals surface area contributed by atoms with Crippen LogP contribution in [0.1, 0.15) is 79.6 Å². The maximum absolute atomic E-state index is 11.8. The second kappa shape index (κ2) is 12.9. The minimum absolute atomic E-state index is 0.331. The molecule has 1 rings (SSSR count). The van der Waals surface area contributed by atoms with Crippen LogP contribution in [0.5, 0.6) is 0 Å². The molecule has 1 aliphatic carbocycles. The van der Waals surface area contributed by atoms with Crippen molar-refractivity contribution in [1.29, 1.82) is 0 Å². The van der Waals surface area contributed by atoms with Crippen molar-refractivity contribution in [3.63, 3.8) is 0 Å². The highest BCUT2D eigenvalue weighted by atomic mass is 16.3. The van der Waals surface area contributed by atoms with E-state index < -0.39 is 11.5 Å². The highest BCUT2D eigenvalue weighted by Gasteiger charge is 2.19. The van der Waals surface area contributed by atoms with Crippen molar-refractivity contribution in [2.24, 2.45) is 0 Å². The number of ketones is 2. The van der Waals surface area contributed by atoms with Crippen molar-refractivity contribution in [1.82, 2.24) is 0 Å². The van der Waals surface area contributed by atoms with E-state index in [1.165, 1.54) is 28.4 Å². The Hall–Kier alpha value is -2.42. The topological polar surface area (TPSA) is 54.4 Å². The number of carbonyl (C=O) groups is 2. The van der Waals surface area contributed by atoms with Gasteiger partial charge in [0, 0.05) is 11.6 Å². The lowest BCUT2D eigenvalue weighted by Gasteiger charge is -2.08. The SMILES string of the molecule is CC(C)=CCC/C(C)=C/CC/C(C)=C/CC/C(C)=C/CC1=CC(=O)C=C(O)C1=O. The van der Waals surface area contributed by atoms with E-state index in [1.54, 1.807) is 0 Å². The Bertz CT molecular complexity index is 779. The average Bonchev–Trinajstić information content (AvgIpc) is 2.63. The van der Waals surface area contributed by atoms with Crippen molar-refractivity contribution >= 4 is 11.6 Å². The van der Waals surface area contributed by atoms with Crippen LogP contribution in [0, 0.1) is 0 Å². The van der Waals surface area contributed by atoms with Crippen LogP contribution < -0.4 is 0 Å². The van der Waals surface area contributed by atoms with E-state index in [0.29, 0.717) is 12.0 Å². The van der Waals surface area contributed by atoms with Gasteiger partial charge in [-0.15, -0.1) is 0 Å². The largest absolute Gasteiger partial charge is 0.504 e. The van der Waals surface area contributed by atoms with Gasteiger partial charge in [-0.25, -0.2) is 0 Å². The van der Waals surface area contributed by atoms with E-state index in [4.69, 9.17) is 0 Å². The van der Waals surface area contributed by atoms with Crippen molar-refractivity contribution < 1.29 is 14.7 Å². The lowest BCUT2D eigenvalue weighted by atomic mass is 9.97. The van der Waals surface area contributed by atoms with Gasteiger partial charge in [0.05, 0.1) is 0 Å². The van der Waals surface area contributed by atoms with Gasteiger partial charge in [-0.2, -0.15) is 0 Å². The molecule has 0 heterocycles. The van der Waals surface area contributed by atoms with Gasteiger partial charge in [0.25, 0.3) is 0 Å². The fourth-order valence-corrected chi connectivity index (χ4v) is 3.07.